The lowest BCUT2D eigenvalue weighted by Gasteiger charge is -2.12. The molecule has 2 aromatic carbocycles. The van der Waals surface area contributed by atoms with Crippen LogP contribution in [0.5, 0.6) is 0 Å². The predicted molar refractivity (Wildman–Crippen MR) is 94.3 cm³/mol. The largest absolute Gasteiger partial charge is 0.348 e. The molecule has 0 aliphatic carbocycles. The summed E-state index contributed by atoms with van der Waals surface area (Å²) >= 11 is 0. The first-order chi connectivity index (χ1) is 12.1. The van der Waals surface area contributed by atoms with Gasteiger partial charge in [-0.2, -0.15) is 0 Å². The smallest absolute Gasteiger partial charge is 0.270 e. The number of amides is 1. The molecule has 0 spiro atoms. The molecule has 6 heteroatoms. The molecule has 0 atom stereocenters. The summed E-state index contributed by atoms with van der Waals surface area (Å²) in [7, 11) is 0. The molecule has 25 heavy (non-hydrogen) atoms. The van der Waals surface area contributed by atoms with Gasteiger partial charge in [0.2, 0.25) is 0 Å². The second-order valence-electron chi connectivity index (χ2n) is 6.44. The number of carbonyl (C=O) groups is 1. The minimum Gasteiger partial charge on any atom is -0.348 e. The van der Waals surface area contributed by atoms with Gasteiger partial charge in [-0.1, -0.05) is 30.3 Å². The summed E-state index contributed by atoms with van der Waals surface area (Å²) < 4.78 is 0. The Morgan fingerprint density at radius 2 is 1.76 bits per heavy atom. The number of carbonyl (C=O) groups excluding carboxylic acids is 1. The lowest BCUT2D eigenvalue weighted by molar-refractivity contribution is -0.901. The number of nitro groups is 1. The van der Waals surface area contributed by atoms with Gasteiger partial charge in [0.1, 0.15) is 6.54 Å². The molecule has 1 aliphatic heterocycles. The lowest BCUT2D eigenvalue weighted by Crippen LogP contribution is -3.08. The number of rotatable bonds is 6. The van der Waals surface area contributed by atoms with Crippen molar-refractivity contribution in [2.45, 2.75) is 25.9 Å². The normalized spacial score (nSPS) is 14.4. The summed E-state index contributed by atoms with van der Waals surface area (Å²) in [6, 6.07) is 14.0. The summed E-state index contributed by atoms with van der Waals surface area (Å²) in [5.74, 6) is -0.311. The van der Waals surface area contributed by atoms with Crippen molar-refractivity contribution >= 4 is 11.6 Å². The van der Waals surface area contributed by atoms with Crippen LogP contribution < -0.4 is 10.2 Å². The van der Waals surface area contributed by atoms with Crippen LogP contribution in [0.4, 0.5) is 5.69 Å². The summed E-state index contributed by atoms with van der Waals surface area (Å²) in [5.41, 5.74) is 2.54. The first-order valence-corrected chi connectivity index (χ1v) is 8.56. The van der Waals surface area contributed by atoms with Crippen molar-refractivity contribution in [3.63, 3.8) is 0 Å². The molecule has 1 aliphatic rings. The number of hydrogen-bond acceptors (Lipinski definition) is 3. The van der Waals surface area contributed by atoms with Crippen LogP contribution >= 0.6 is 0 Å². The van der Waals surface area contributed by atoms with Gasteiger partial charge < -0.3 is 10.2 Å². The average Bonchev–Trinajstić information content (AvgIpc) is 3.14. The van der Waals surface area contributed by atoms with Gasteiger partial charge in [-0.25, -0.2) is 0 Å². The molecule has 0 radical (unpaired) electrons. The number of benzene rings is 2. The number of nitrogens with zero attached hydrogens (tertiary/aromatic N) is 1. The molecule has 6 nitrogen and oxygen atoms in total. The van der Waals surface area contributed by atoms with Crippen LogP contribution in [0, 0.1) is 10.1 Å². The number of nitro benzene ring substituents is 1. The van der Waals surface area contributed by atoms with Crippen molar-refractivity contribution in [2.24, 2.45) is 0 Å². The van der Waals surface area contributed by atoms with Crippen molar-refractivity contribution in [1.29, 1.82) is 0 Å². The second-order valence-corrected chi connectivity index (χ2v) is 6.44. The number of nitrogens with one attached hydrogen (secondary N) is 2. The van der Waals surface area contributed by atoms with Gasteiger partial charge in [0, 0.05) is 42.6 Å². The highest BCUT2D eigenvalue weighted by molar-refractivity contribution is 5.94. The van der Waals surface area contributed by atoms with Crippen LogP contribution in [-0.4, -0.2) is 23.9 Å². The maximum Gasteiger partial charge on any atom is 0.270 e. The summed E-state index contributed by atoms with van der Waals surface area (Å²) in [5, 5.41) is 13.6. The van der Waals surface area contributed by atoms with Crippen molar-refractivity contribution < 1.29 is 14.6 Å². The van der Waals surface area contributed by atoms with Gasteiger partial charge in [0.15, 0.2) is 0 Å². The quantitative estimate of drug-likeness (QED) is 0.621. The van der Waals surface area contributed by atoms with E-state index in [4.69, 9.17) is 0 Å². The Kier molecular flexibility index (Phi) is 5.40. The predicted octanol–water partition coefficient (Wildman–Crippen LogP) is 1.70. The first kappa shape index (κ1) is 17.1. The number of hydrogen-bond donors (Lipinski definition) is 2. The van der Waals surface area contributed by atoms with E-state index in [1.807, 2.05) is 12.1 Å². The molecule has 1 saturated heterocycles. The van der Waals surface area contributed by atoms with Gasteiger partial charge in [-0.15, -0.1) is 0 Å². The lowest BCUT2D eigenvalue weighted by atomic mass is 10.1. The Morgan fingerprint density at radius 3 is 2.44 bits per heavy atom. The zero-order chi connectivity index (χ0) is 17.6. The van der Waals surface area contributed by atoms with Crippen LogP contribution in [0.1, 0.15) is 34.3 Å². The van der Waals surface area contributed by atoms with Crippen LogP contribution in [0.2, 0.25) is 0 Å². The highest BCUT2D eigenvalue weighted by atomic mass is 16.6. The summed E-state index contributed by atoms with van der Waals surface area (Å²) in [4.78, 5) is 24.1. The number of non-ortho nitro benzene ring substituents is 1. The fraction of sp³-hybridized carbons (Fsp3) is 0.316. The van der Waals surface area contributed by atoms with E-state index in [0.29, 0.717) is 12.1 Å². The molecule has 3 rings (SSSR count). The molecular weight excluding hydrogens is 318 g/mol. The van der Waals surface area contributed by atoms with E-state index < -0.39 is 4.92 Å². The maximum atomic E-state index is 12.2. The van der Waals surface area contributed by atoms with Crippen molar-refractivity contribution in [1.82, 2.24) is 5.32 Å². The highest BCUT2D eigenvalue weighted by Gasteiger charge is 2.15. The van der Waals surface area contributed by atoms with Crippen LogP contribution in [0.15, 0.2) is 48.5 Å². The van der Waals surface area contributed by atoms with Crippen LogP contribution in [-0.2, 0) is 13.1 Å². The Labute approximate surface area is 146 Å². The van der Waals surface area contributed by atoms with Gasteiger partial charge in [-0.3, -0.25) is 14.9 Å². The molecule has 2 N–H and O–H groups in total. The van der Waals surface area contributed by atoms with Gasteiger partial charge in [0.25, 0.3) is 11.6 Å². The Bertz CT molecular complexity index is 753. The van der Waals surface area contributed by atoms with Crippen LogP contribution in [0.3, 0.4) is 0 Å². The van der Waals surface area contributed by atoms with E-state index in [1.165, 1.54) is 49.7 Å². The van der Waals surface area contributed by atoms with Crippen molar-refractivity contribution in [3.8, 4) is 0 Å². The zero-order valence-corrected chi connectivity index (χ0v) is 14.0. The highest BCUT2D eigenvalue weighted by Crippen LogP contribution is 2.13. The number of quaternary nitrogens is 1. The Hall–Kier alpha value is -2.73. The standard InChI is InChI=1S/C19H21N3O3/c23-19(17-4-3-5-18(12-17)22(24)25)20-13-15-6-8-16(9-7-15)14-21-10-1-2-11-21/h3-9,12H,1-2,10-11,13-14H2,(H,20,23)/p+1. The van der Waals surface area contributed by atoms with Crippen molar-refractivity contribution in [2.75, 3.05) is 13.1 Å². The van der Waals surface area contributed by atoms with E-state index >= 15 is 0 Å². The molecule has 1 amide bonds. The van der Waals surface area contributed by atoms with E-state index in [1.54, 1.807) is 11.0 Å². The minimum atomic E-state index is -0.502. The molecule has 1 heterocycles. The molecule has 0 saturated carbocycles. The van der Waals surface area contributed by atoms with Gasteiger partial charge >= 0.3 is 0 Å². The molecule has 0 aromatic heterocycles. The van der Waals surface area contributed by atoms with Gasteiger partial charge in [-0.05, 0) is 11.6 Å². The third-order valence-corrected chi connectivity index (χ3v) is 4.56. The van der Waals surface area contributed by atoms with E-state index in [2.05, 4.69) is 17.4 Å². The Balaban J connectivity index is 1.55. The monoisotopic (exact) mass is 340 g/mol. The van der Waals surface area contributed by atoms with Crippen molar-refractivity contribution in [3.05, 3.63) is 75.3 Å². The summed E-state index contributed by atoms with van der Waals surface area (Å²) in [6.07, 6.45) is 2.63. The molecule has 0 unspecified atom stereocenters. The molecular formula is C19H22N3O3+. The van der Waals surface area contributed by atoms with E-state index in [9.17, 15) is 14.9 Å². The fourth-order valence-corrected chi connectivity index (χ4v) is 3.16. The van der Waals surface area contributed by atoms with E-state index in [-0.39, 0.29) is 11.6 Å². The third kappa shape index (κ3) is 4.64. The fourth-order valence-electron chi connectivity index (χ4n) is 3.16. The second kappa shape index (κ2) is 7.90. The SMILES string of the molecule is O=C(NCc1ccc(C[NH+]2CCCC2)cc1)c1cccc([N+](=O)[O-])c1. The molecule has 2 aromatic rings. The number of likely N-dealkylation sites (tertiary alicyclic amines) is 1. The molecule has 0 bridgehead atoms. The zero-order valence-electron chi connectivity index (χ0n) is 14.0. The first-order valence-electron chi connectivity index (χ1n) is 8.56. The van der Waals surface area contributed by atoms with Gasteiger partial charge in [0.05, 0.1) is 18.0 Å². The average molecular weight is 340 g/mol. The maximum absolute atomic E-state index is 12.2. The minimum absolute atomic E-state index is 0.0820. The molecule has 1 fully saturated rings. The summed E-state index contributed by atoms with van der Waals surface area (Å²) in [6.45, 7) is 3.96. The Morgan fingerprint density at radius 1 is 1.08 bits per heavy atom. The third-order valence-electron chi connectivity index (χ3n) is 4.56. The molecule has 130 valence electrons. The van der Waals surface area contributed by atoms with Crippen LogP contribution in [0.25, 0.3) is 0 Å². The topological polar surface area (TPSA) is 76.7 Å². The van der Waals surface area contributed by atoms with E-state index in [0.717, 1.165) is 12.1 Å².